The van der Waals surface area contributed by atoms with Crippen LogP contribution in [0.4, 0.5) is 5.69 Å². The molecule has 0 bridgehead atoms. The summed E-state index contributed by atoms with van der Waals surface area (Å²) in [6.45, 7) is 1.23. The average molecular weight is 459 g/mol. The lowest BCUT2D eigenvalue weighted by Crippen LogP contribution is -2.14. The van der Waals surface area contributed by atoms with Crippen molar-refractivity contribution in [3.63, 3.8) is 0 Å². The standard InChI is InChI=1S/C12H11BrCl2N3O5P/c1-6-2-3-8(7(14)4-6)16-12(19)10-9(13)11(15)18(17-10)5-23-24(20,21)22/h2-4H,5H2,1H3,(H,16,19)(H2,20,21,22). The fourth-order valence-electron chi connectivity index (χ4n) is 1.68. The van der Waals surface area contributed by atoms with Gasteiger partial charge < -0.3 is 15.1 Å². The topological polar surface area (TPSA) is 114 Å². The number of hydrogen-bond acceptors (Lipinski definition) is 4. The fourth-order valence-corrected chi connectivity index (χ4v) is 2.87. The molecule has 2 rings (SSSR count). The van der Waals surface area contributed by atoms with Gasteiger partial charge in [0, 0.05) is 0 Å². The van der Waals surface area contributed by atoms with E-state index in [9.17, 15) is 9.36 Å². The summed E-state index contributed by atoms with van der Waals surface area (Å²) in [4.78, 5) is 29.7. The van der Waals surface area contributed by atoms with Crippen LogP contribution < -0.4 is 5.32 Å². The SMILES string of the molecule is Cc1ccc(NC(=O)c2nn(COP(=O)(O)O)c(Cl)c2Br)c(Cl)c1. The molecule has 1 aromatic heterocycles. The van der Waals surface area contributed by atoms with Gasteiger partial charge in [0.1, 0.15) is 5.15 Å². The van der Waals surface area contributed by atoms with Gasteiger partial charge in [-0.3, -0.25) is 9.32 Å². The molecule has 0 fully saturated rings. The lowest BCUT2D eigenvalue weighted by Gasteiger charge is -2.07. The quantitative estimate of drug-likeness (QED) is 0.590. The number of rotatable bonds is 5. The van der Waals surface area contributed by atoms with Crippen LogP contribution in [0.25, 0.3) is 0 Å². The molecule has 1 amide bonds. The second-order valence-corrected chi connectivity index (χ2v) is 7.44. The number of nitrogens with zero attached hydrogens (tertiary/aromatic N) is 2. The van der Waals surface area contributed by atoms with Crippen molar-refractivity contribution in [1.29, 1.82) is 0 Å². The molecule has 0 radical (unpaired) electrons. The molecular weight excluding hydrogens is 448 g/mol. The van der Waals surface area contributed by atoms with Gasteiger partial charge in [-0.1, -0.05) is 29.3 Å². The molecule has 0 aliphatic heterocycles. The number of nitrogens with one attached hydrogen (secondary N) is 1. The Morgan fingerprint density at radius 2 is 2.12 bits per heavy atom. The molecule has 0 aliphatic rings. The van der Waals surface area contributed by atoms with Crippen LogP contribution in [0.15, 0.2) is 22.7 Å². The van der Waals surface area contributed by atoms with Gasteiger partial charge in [0.2, 0.25) is 0 Å². The first-order chi connectivity index (χ1) is 11.1. The predicted molar refractivity (Wildman–Crippen MR) is 92.2 cm³/mol. The van der Waals surface area contributed by atoms with Gasteiger partial charge in [-0.15, -0.1) is 0 Å². The Morgan fingerprint density at radius 1 is 1.46 bits per heavy atom. The monoisotopic (exact) mass is 457 g/mol. The van der Waals surface area contributed by atoms with E-state index in [0.29, 0.717) is 10.7 Å². The normalized spacial score (nSPS) is 11.6. The summed E-state index contributed by atoms with van der Waals surface area (Å²) in [6, 6.07) is 5.10. The number of benzene rings is 1. The van der Waals surface area contributed by atoms with Crippen LogP contribution in [-0.2, 0) is 15.8 Å². The van der Waals surface area contributed by atoms with E-state index in [-0.39, 0.29) is 15.3 Å². The fraction of sp³-hybridized carbons (Fsp3) is 0.167. The number of aryl methyl sites for hydroxylation is 1. The summed E-state index contributed by atoms with van der Waals surface area (Å²) in [5.74, 6) is -0.607. The van der Waals surface area contributed by atoms with Crippen LogP contribution in [0.5, 0.6) is 0 Å². The summed E-state index contributed by atoms with van der Waals surface area (Å²) in [5.41, 5.74) is 1.23. The van der Waals surface area contributed by atoms with Gasteiger partial charge >= 0.3 is 7.82 Å². The Labute approximate surface area is 155 Å². The van der Waals surface area contributed by atoms with E-state index in [0.717, 1.165) is 10.2 Å². The third-order valence-electron chi connectivity index (χ3n) is 2.77. The number of carbonyl (C=O) groups is 1. The molecule has 24 heavy (non-hydrogen) atoms. The Balaban J connectivity index is 2.22. The van der Waals surface area contributed by atoms with E-state index < -0.39 is 20.5 Å². The maximum absolute atomic E-state index is 12.3. The Morgan fingerprint density at radius 3 is 2.71 bits per heavy atom. The molecule has 0 aliphatic carbocycles. The van der Waals surface area contributed by atoms with Crippen molar-refractivity contribution in [3.8, 4) is 0 Å². The summed E-state index contributed by atoms with van der Waals surface area (Å²) in [6.07, 6.45) is 0. The second-order valence-electron chi connectivity index (χ2n) is 4.64. The molecule has 1 aromatic carbocycles. The molecule has 130 valence electrons. The van der Waals surface area contributed by atoms with Crippen molar-refractivity contribution >= 4 is 58.5 Å². The van der Waals surface area contributed by atoms with E-state index in [1.165, 1.54) is 0 Å². The van der Waals surface area contributed by atoms with Crippen molar-refractivity contribution in [1.82, 2.24) is 9.78 Å². The number of aromatic nitrogens is 2. The van der Waals surface area contributed by atoms with Crippen molar-refractivity contribution < 1.29 is 23.7 Å². The summed E-state index contributed by atoms with van der Waals surface area (Å²) in [7, 11) is -4.70. The number of carbonyl (C=O) groups excluding carboxylic acids is 1. The molecule has 0 saturated carbocycles. The molecule has 3 N–H and O–H groups in total. The van der Waals surface area contributed by atoms with Gasteiger partial charge in [-0.05, 0) is 40.5 Å². The summed E-state index contributed by atoms with van der Waals surface area (Å²) < 4.78 is 16.1. The van der Waals surface area contributed by atoms with Gasteiger partial charge in [0.05, 0.1) is 15.2 Å². The third kappa shape index (κ3) is 4.80. The Bertz CT molecular complexity index is 838. The van der Waals surface area contributed by atoms with Crippen molar-refractivity contribution in [2.75, 3.05) is 5.32 Å². The maximum atomic E-state index is 12.3. The first-order valence-electron chi connectivity index (χ1n) is 6.28. The molecule has 1 heterocycles. The zero-order valence-electron chi connectivity index (χ0n) is 12.0. The van der Waals surface area contributed by atoms with E-state index in [1.54, 1.807) is 18.2 Å². The molecular formula is C12H11BrCl2N3O5P. The number of anilines is 1. The zero-order valence-corrected chi connectivity index (χ0v) is 16.0. The number of amides is 1. The van der Waals surface area contributed by atoms with Gasteiger partial charge in [0.25, 0.3) is 5.91 Å². The lowest BCUT2D eigenvalue weighted by atomic mass is 10.2. The van der Waals surface area contributed by atoms with Crippen LogP contribution in [0.3, 0.4) is 0 Å². The van der Waals surface area contributed by atoms with Crippen molar-refractivity contribution in [2.45, 2.75) is 13.7 Å². The summed E-state index contributed by atoms with van der Waals surface area (Å²) in [5, 5.41) is 6.75. The van der Waals surface area contributed by atoms with E-state index in [4.69, 9.17) is 33.0 Å². The number of hydrogen-bond donors (Lipinski definition) is 3. The minimum absolute atomic E-state index is 0.0522. The smallest absolute Gasteiger partial charge is 0.319 e. The molecule has 8 nitrogen and oxygen atoms in total. The van der Waals surface area contributed by atoms with Crippen molar-refractivity contribution in [3.05, 3.63) is 44.1 Å². The second kappa shape index (κ2) is 7.53. The van der Waals surface area contributed by atoms with Crippen LogP contribution in [0.2, 0.25) is 10.2 Å². The Kier molecular flexibility index (Phi) is 6.09. The molecule has 0 unspecified atom stereocenters. The molecule has 0 saturated heterocycles. The predicted octanol–water partition coefficient (Wildman–Crippen LogP) is 3.58. The maximum Gasteiger partial charge on any atom is 0.471 e. The first-order valence-corrected chi connectivity index (χ1v) is 9.36. The minimum Gasteiger partial charge on any atom is -0.319 e. The van der Waals surface area contributed by atoms with Gasteiger partial charge in [-0.25, -0.2) is 9.25 Å². The molecule has 2 aromatic rings. The van der Waals surface area contributed by atoms with E-state index in [2.05, 4.69) is 30.9 Å². The highest BCUT2D eigenvalue weighted by atomic mass is 79.9. The zero-order chi connectivity index (χ0) is 18.1. The largest absolute Gasteiger partial charge is 0.471 e. The first kappa shape index (κ1) is 19.4. The summed E-state index contributed by atoms with van der Waals surface area (Å²) >= 11 is 15.1. The number of phosphoric ester groups is 1. The van der Waals surface area contributed by atoms with Gasteiger partial charge in [-0.2, -0.15) is 5.10 Å². The van der Waals surface area contributed by atoms with Crippen LogP contribution in [0.1, 0.15) is 16.1 Å². The highest BCUT2D eigenvalue weighted by Crippen LogP contribution is 2.37. The van der Waals surface area contributed by atoms with E-state index in [1.807, 2.05) is 6.92 Å². The molecule has 0 spiro atoms. The lowest BCUT2D eigenvalue weighted by molar-refractivity contribution is 0.101. The number of phosphoric acid groups is 1. The van der Waals surface area contributed by atoms with Crippen LogP contribution in [0, 0.1) is 6.92 Å². The van der Waals surface area contributed by atoms with Crippen molar-refractivity contribution in [2.24, 2.45) is 0 Å². The highest BCUT2D eigenvalue weighted by Gasteiger charge is 2.23. The Hall–Kier alpha value is -0.930. The molecule has 0 atom stereocenters. The van der Waals surface area contributed by atoms with E-state index >= 15 is 0 Å². The highest BCUT2D eigenvalue weighted by molar-refractivity contribution is 9.10. The minimum atomic E-state index is -4.70. The average Bonchev–Trinajstić information content (AvgIpc) is 2.75. The van der Waals surface area contributed by atoms with Gasteiger partial charge in [0.15, 0.2) is 12.4 Å². The number of halogens is 3. The third-order valence-corrected chi connectivity index (χ3v) is 4.90. The molecule has 12 heteroatoms. The van der Waals surface area contributed by atoms with Crippen LogP contribution in [-0.4, -0.2) is 25.5 Å². The van der Waals surface area contributed by atoms with Crippen LogP contribution >= 0.6 is 47.0 Å².